The van der Waals surface area contributed by atoms with Crippen LogP contribution in [0.25, 0.3) is 22.2 Å². The number of hydrogen-bond donors (Lipinski definition) is 2. The molecule has 5 heteroatoms. The summed E-state index contributed by atoms with van der Waals surface area (Å²) in [6.07, 6.45) is 0. The number of hydrogen-bond acceptors (Lipinski definition) is 4. The summed E-state index contributed by atoms with van der Waals surface area (Å²) in [4.78, 5) is 4.13. The lowest BCUT2D eigenvalue weighted by Crippen LogP contribution is -1.91. The molecule has 18 heavy (non-hydrogen) atoms. The molecule has 0 fully saturated rings. The number of nitrogens with one attached hydrogen (secondary N) is 1. The van der Waals surface area contributed by atoms with Gasteiger partial charge in [-0.15, -0.1) is 5.10 Å². The SMILES string of the molecule is COc1c(-c2nc(N)n[nH]2)ccc2ccccc12. The fourth-order valence-corrected chi connectivity index (χ4v) is 2.04. The van der Waals surface area contributed by atoms with Crippen LogP contribution in [0.5, 0.6) is 5.75 Å². The van der Waals surface area contributed by atoms with E-state index >= 15 is 0 Å². The van der Waals surface area contributed by atoms with Gasteiger partial charge in [0.2, 0.25) is 5.95 Å². The van der Waals surface area contributed by atoms with Crippen molar-refractivity contribution in [3.05, 3.63) is 36.4 Å². The van der Waals surface area contributed by atoms with Crippen LogP contribution in [0.4, 0.5) is 5.95 Å². The summed E-state index contributed by atoms with van der Waals surface area (Å²) >= 11 is 0. The molecule has 0 aliphatic rings. The number of nitrogens with zero attached hydrogens (tertiary/aromatic N) is 2. The second-order valence-corrected chi connectivity index (χ2v) is 3.91. The number of H-pyrrole nitrogens is 1. The van der Waals surface area contributed by atoms with E-state index in [1.54, 1.807) is 7.11 Å². The van der Waals surface area contributed by atoms with Gasteiger partial charge in [-0.2, -0.15) is 4.98 Å². The van der Waals surface area contributed by atoms with E-state index in [9.17, 15) is 0 Å². The Labute approximate surface area is 104 Å². The zero-order chi connectivity index (χ0) is 12.5. The molecule has 0 aliphatic heterocycles. The minimum absolute atomic E-state index is 0.222. The highest BCUT2D eigenvalue weighted by Gasteiger charge is 2.12. The van der Waals surface area contributed by atoms with Gasteiger partial charge < -0.3 is 10.5 Å². The Bertz CT molecular complexity index is 705. The average Bonchev–Trinajstić information content (AvgIpc) is 2.84. The summed E-state index contributed by atoms with van der Waals surface area (Å²) in [6.45, 7) is 0. The van der Waals surface area contributed by atoms with Crippen LogP contribution in [0.2, 0.25) is 0 Å². The Morgan fingerprint density at radius 3 is 2.72 bits per heavy atom. The van der Waals surface area contributed by atoms with Crippen molar-refractivity contribution in [1.82, 2.24) is 15.2 Å². The molecular formula is C13H12N4O. The Hall–Kier alpha value is -2.56. The first kappa shape index (κ1) is 10.6. The summed E-state index contributed by atoms with van der Waals surface area (Å²) in [7, 11) is 1.64. The number of aromatic nitrogens is 3. The second kappa shape index (κ2) is 4.03. The van der Waals surface area contributed by atoms with E-state index in [2.05, 4.69) is 15.2 Å². The number of aromatic amines is 1. The monoisotopic (exact) mass is 240 g/mol. The van der Waals surface area contributed by atoms with Crippen molar-refractivity contribution >= 4 is 16.7 Å². The largest absolute Gasteiger partial charge is 0.495 e. The average molecular weight is 240 g/mol. The third-order valence-electron chi connectivity index (χ3n) is 2.84. The van der Waals surface area contributed by atoms with E-state index in [4.69, 9.17) is 10.5 Å². The molecule has 90 valence electrons. The highest BCUT2D eigenvalue weighted by molar-refractivity contribution is 5.94. The molecular weight excluding hydrogens is 228 g/mol. The maximum absolute atomic E-state index is 5.53. The van der Waals surface area contributed by atoms with Crippen LogP contribution in [-0.4, -0.2) is 22.3 Å². The first-order valence-electron chi connectivity index (χ1n) is 5.53. The zero-order valence-corrected chi connectivity index (χ0v) is 9.84. The number of anilines is 1. The summed E-state index contributed by atoms with van der Waals surface area (Å²) in [5, 5.41) is 8.78. The molecule has 0 unspecified atom stereocenters. The molecule has 0 spiro atoms. The smallest absolute Gasteiger partial charge is 0.239 e. The lowest BCUT2D eigenvalue weighted by atomic mass is 10.0. The molecule has 0 atom stereocenters. The van der Waals surface area contributed by atoms with Crippen molar-refractivity contribution in [2.45, 2.75) is 0 Å². The number of benzene rings is 2. The maximum Gasteiger partial charge on any atom is 0.239 e. The van der Waals surface area contributed by atoms with Crippen LogP contribution < -0.4 is 10.5 Å². The highest BCUT2D eigenvalue weighted by atomic mass is 16.5. The van der Waals surface area contributed by atoms with Crippen molar-refractivity contribution in [3.8, 4) is 17.1 Å². The molecule has 3 aromatic rings. The third-order valence-corrected chi connectivity index (χ3v) is 2.84. The fourth-order valence-electron chi connectivity index (χ4n) is 2.04. The molecule has 3 rings (SSSR count). The van der Waals surface area contributed by atoms with Crippen LogP contribution in [0.3, 0.4) is 0 Å². The first-order valence-corrected chi connectivity index (χ1v) is 5.53. The van der Waals surface area contributed by atoms with Crippen molar-refractivity contribution in [2.24, 2.45) is 0 Å². The number of rotatable bonds is 2. The number of nitrogens with two attached hydrogens (primary N) is 1. The molecule has 0 radical (unpaired) electrons. The maximum atomic E-state index is 5.53. The minimum Gasteiger partial charge on any atom is -0.495 e. The minimum atomic E-state index is 0.222. The van der Waals surface area contributed by atoms with Crippen molar-refractivity contribution in [3.63, 3.8) is 0 Å². The lowest BCUT2D eigenvalue weighted by molar-refractivity contribution is 0.421. The Morgan fingerprint density at radius 2 is 2.00 bits per heavy atom. The van der Waals surface area contributed by atoms with E-state index in [-0.39, 0.29) is 5.95 Å². The van der Waals surface area contributed by atoms with E-state index in [1.165, 1.54) is 0 Å². The van der Waals surface area contributed by atoms with Crippen LogP contribution >= 0.6 is 0 Å². The molecule has 2 aromatic carbocycles. The van der Waals surface area contributed by atoms with Gasteiger partial charge in [0.05, 0.1) is 12.7 Å². The molecule has 0 amide bonds. The van der Waals surface area contributed by atoms with Crippen LogP contribution in [0.15, 0.2) is 36.4 Å². The Morgan fingerprint density at radius 1 is 1.17 bits per heavy atom. The zero-order valence-electron chi connectivity index (χ0n) is 9.84. The highest BCUT2D eigenvalue weighted by Crippen LogP contribution is 2.35. The molecule has 0 saturated carbocycles. The summed E-state index contributed by atoms with van der Waals surface area (Å²) in [5.74, 6) is 1.60. The van der Waals surface area contributed by atoms with Gasteiger partial charge in [0.25, 0.3) is 0 Å². The standard InChI is InChI=1S/C13H12N4O/c1-18-11-9-5-3-2-4-8(9)6-7-10(11)12-15-13(14)17-16-12/h2-7H,1H3,(H3,14,15,16,17). The van der Waals surface area contributed by atoms with E-state index in [1.807, 2.05) is 36.4 Å². The van der Waals surface area contributed by atoms with E-state index in [0.717, 1.165) is 22.1 Å². The molecule has 3 N–H and O–H groups in total. The molecule has 5 nitrogen and oxygen atoms in total. The van der Waals surface area contributed by atoms with Gasteiger partial charge in [-0.3, -0.25) is 5.10 Å². The summed E-state index contributed by atoms with van der Waals surface area (Å²) in [5.41, 5.74) is 6.37. The second-order valence-electron chi connectivity index (χ2n) is 3.91. The quantitative estimate of drug-likeness (QED) is 0.720. The summed E-state index contributed by atoms with van der Waals surface area (Å²) < 4.78 is 5.49. The van der Waals surface area contributed by atoms with Gasteiger partial charge in [-0.05, 0) is 11.5 Å². The number of fused-ring (bicyclic) bond motifs is 1. The van der Waals surface area contributed by atoms with Crippen LogP contribution in [-0.2, 0) is 0 Å². The van der Waals surface area contributed by atoms with Gasteiger partial charge >= 0.3 is 0 Å². The first-order chi connectivity index (χ1) is 8.79. The molecule has 1 heterocycles. The fraction of sp³-hybridized carbons (Fsp3) is 0.0769. The third kappa shape index (κ3) is 1.57. The summed E-state index contributed by atoms with van der Waals surface area (Å²) in [6, 6.07) is 12.0. The topological polar surface area (TPSA) is 76.8 Å². The lowest BCUT2D eigenvalue weighted by Gasteiger charge is -2.09. The molecule has 1 aromatic heterocycles. The molecule has 0 bridgehead atoms. The molecule has 0 aliphatic carbocycles. The predicted molar refractivity (Wildman–Crippen MR) is 70.3 cm³/mol. The Kier molecular flexibility index (Phi) is 2.37. The van der Waals surface area contributed by atoms with Gasteiger partial charge in [0.1, 0.15) is 5.75 Å². The predicted octanol–water partition coefficient (Wildman–Crippen LogP) is 2.22. The van der Waals surface area contributed by atoms with Crippen molar-refractivity contribution in [1.29, 1.82) is 0 Å². The van der Waals surface area contributed by atoms with Gasteiger partial charge in [-0.1, -0.05) is 30.3 Å². The van der Waals surface area contributed by atoms with Gasteiger partial charge in [0.15, 0.2) is 5.82 Å². The number of ether oxygens (including phenoxy) is 1. The van der Waals surface area contributed by atoms with Crippen LogP contribution in [0.1, 0.15) is 0 Å². The van der Waals surface area contributed by atoms with Crippen molar-refractivity contribution < 1.29 is 4.74 Å². The molecule has 0 saturated heterocycles. The van der Waals surface area contributed by atoms with Crippen molar-refractivity contribution in [2.75, 3.05) is 12.8 Å². The Balaban J connectivity index is 2.29. The van der Waals surface area contributed by atoms with Crippen LogP contribution in [0, 0.1) is 0 Å². The normalized spacial score (nSPS) is 10.7. The number of nitrogen functional groups attached to an aromatic ring is 1. The number of methoxy groups -OCH3 is 1. The van der Waals surface area contributed by atoms with E-state index in [0.29, 0.717) is 5.82 Å². The van der Waals surface area contributed by atoms with Gasteiger partial charge in [0, 0.05) is 5.39 Å². The van der Waals surface area contributed by atoms with E-state index < -0.39 is 0 Å². The van der Waals surface area contributed by atoms with Gasteiger partial charge in [-0.25, -0.2) is 0 Å².